The Kier molecular flexibility index (Phi) is 49.0. The fraction of sp³-hybridized carbons (Fsp3) is 0.672. The summed E-state index contributed by atoms with van der Waals surface area (Å²) in [6.45, 7) is 6.41. The van der Waals surface area contributed by atoms with Gasteiger partial charge in [0.1, 0.15) is 13.2 Å². The summed E-state index contributed by atoms with van der Waals surface area (Å²) in [5, 5.41) is 0. The van der Waals surface area contributed by atoms with Gasteiger partial charge in [0, 0.05) is 19.3 Å². The van der Waals surface area contributed by atoms with E-state index in [0.717, 1.165) is 96.3 Å². The van der Waals surface area contributed by atoms with Crippen molar-refractivity contribution < 1.29 is 28.6 Å². The molecule has 0 aliphatic heterocycles. The normalized spacial score (nSPS) is 12.9. The maximum Gasteiger partial charge on any atom is 0.306 e. The molecule has 0 aliphatic carbocycles. The first kappa shape index (κ1) is 60.3. The van der Waals surface area contributed by atoms with Crippen LogP contribution in [0.25, 0.3) is 0 Å². The first-order valence-electron chi connectivity index (χ1n) is 26.3. The first-order chi connectivity index (χ1) is 31.5. The van der Waals surface area contributed by atoms with Gasteiger partial charge in [0.2, 0.25) is 0 Å². The quantitative estimate of drug-likeness (QED) is 0.0199. The minimum absolute atomic E-state index is 0.104. The molecule has 0 aromatic rings. The second-order valence-electron chi connectivity index (χ2n) is 17.2. The molecule has 64 heavy (non-hydrogen) atoms. The summed E-state index contributed by atoms with van der Waals surface area (Å²) in [4.78, 5) is 38.0. The van der Waals surface area contributed by atoms with E-state index in [0.29, 0.717) is 19.3 Å². The van der Waals surface area contributed by atoms with Gasteiger partial charge in [-0.15, -0.1) is 0 Å². The molecule has 1 unspecified atom stereocenters. The summed E-state index contributed by atoms with van der Waals surface area (Å²) in [7, 11) is 0. The molecular weight excluding hydrogens is 793 g/mol. The third-order valence-corrected chi connectivity index (χ3v) is 10.9. The first-order valence-corrected chi connectivity index (χ1v) is 26.3. The number of unbranched alkanes of at least 4 members (excludes halogenated alkanes) is 24. The molecule has 0 spiro atoms. The molecule has 1 atom stereocenters. The van der Waals surface area contributed by atoms with Crippen molar-refractivity contribution >= 4 is 17.9 Å². The molecule has 0 N–H and O–H groups in total. The summed E-state index contributed by atoms with van der Waals surface area (Å²) in [6, 6.07) is 0. The smallest absolute Gasteiger partial charge is 0.306 e. The number of hydrogen-bond donors (Lipinski definition) is 0. The fourth-order valence-electron chi connectivity index (χ4n) is 6.98. The molecule has 0 radical (unpaired) electrons. The van der Waals surface area contributed by atoms with E-state index in [1.807, 2.05) is 36.5 Å². The Morgan fingerprint density at radius 3 is 1.03 bits per heavy atom. The lowest BCUT2D eigenvalue weighted by Gasteiger charge is -2.18. The van der Waals surface area contributed by atoms with Gasteiger partial charge in [0.05, 0.1) is 0 Å². The number of ether oxygens (including phenoxy) is 3. The highest BCUT2D eigenvalue weighted by Crippen LogP contribution is 2.14. The predicted octanol–water partition coefficient (Wildman–Crippen LogP) is 17.4. The van der Waals surface area contributed by atoms with Crippen LogP contribution in [0.3, 0.4) is 0 Å². The number of rotatable bonds is 46. The molecule has 0 saturated heterocycles. The van der Waals surface area contributed by atoms with Crippen molar-refractivity contribution in [2.75, 3.05) is 13.2 Å². The summed E-state index contributed by atoms with van der Waals surface area (Å²) in [6.07, 6.45) is 68.1. The maximum absolute atomic E-state index is 12.8. The van der Waals surface area contributed by atoms with Gasteiger partial charge in [-0.05, 0) is 89.9 Å². The van der Waals surface area contributed by atoms with Crippen LogP contribution < -0.4 is 0 Å². The highest BCUT2D eigenvalue weighted by molar-refractivity contribution is 5.71. The number of carbonyl (C=O) groups excluding carboxylic acids is 3. The van der Waals surface area contributed by atoms with Crippen molar-refractivity contribution in [1.82, 2.24) is 0 Å². The fourth-order valence-corrected chi connectivity index (χ4v) is 6.98. The minimum Gasteiger partial charge on any atom is -0.462 e. The lowest BCUT2D eigenvalue weighted by atomic mass is 10.1. The average molecular weight is 889 g/mol. The van der Waals surface area contributed by atoms with E-state index < -0.39 is 6.10 Å². The third kappa shape index (κ3) is 49.3. The summed E-state index contributed by atoms with van der Waals surface area (Å²) < 4.78 is 16.8. The highest BCUT2D eigenvalue weighted by Gasteiger charge is 2.19. The van der Waals surface area contributed by atoms with E-state index in [1.165, 1.54) is 96.3 Å². The van der Waals surface area contributed by atoms with Gasteiger partial charge in [-0.25, -0.2) is 0 Å². The van der Waals surface area contributed by atoms with Crippen molar-refractivity contribution in [3.63, 3.8) is 0 Å². The molecule has 0 bridgehead atoms. The van der Waals surface area contributed by atoms with E-state index in [4.69, 9.17) is 14.2 Å². The van der Waals surface area contributed by atoms with Gasteiger partial charge in [0.15, 0.2) is 6.10 Å². The zero-order valence-electron chi connectivity index (χ0n) is 41.5. The van der Waals surface area contributed by atoms with Crippen LogP contribution in [-0.2, 0) is 28.6 Å². The van der Waals surface area contributed by atoms with Crippen molar-refractivity contribution in [2.45, 2.75) is 239 Å². The molecule has 0 fully saturated rings. The number of hydrogen-bond acceptors (Lipinski definition) is 6. The summed E-state index contributed by atoms with van der Waals surface area (Å²) in [5.41, 5.74) is 0. The molecule has 0 aliphatic rings. The Balaban J connectivity index is 4.48. The Bertz CT molecular complexity index is 1300. The topological polar surface area (TPSA) is 78.9 Å². The van der Waals surface area contributed by atoms with Crippen molar-refractivity contribution in [3.8, 4) is 0 Å². The van der Waals surface area contributed by atoms with Gasteiger partial charge >= 0.3 is 17.9 Å². The number of carbonyl (C=O) groups is 3. The van der Waals surface area contributed by atoms with Gasteiger partial charge in [-0.1, -0.05) is 221 Å². The second-order valence-corrected chi connectivity index (χ2v) is 17.2. The molecule has 0 rings (SSSR count). The Morgan fingerprint density at radius 2 is 0.625 bits per heavy atom. The van der Waals surface area contributed by atoms with Crippen LogP contribution in [0.5, 0.6) is 0 Å². The molecule has 0 saturated carbocycles. The largest absolute Gasteiger partial charge is 0.462 e. The van der Waals surface area contributed by atoms with E-state index in [-0.39, 0.29) is 31.1 Å². The Hall–Kier alpha value is -3.67. The van der Waals surface area contributed by atoms with Crippen LogP contribution >= 0.6 is 0 Å². The highest BCUT2D eigenvalue weighted by atomic mass is 16.6. The van der Waals surface area contributed by atoms with Gasteiger partial charge < -0.3 is 14.2 Å². The van der Waals surface area contributed by atoms with E-state index in [9.17, 15) is 14.4 Å². The Labute approximate surface area is 394 Å². The lowest BCUT2D eigenvalue weighted by Crippen LogP contribution is -2.30. The second kappa shape index (κ2) is 52.0. The zero-order valence-corrected chi connectivity index (χ0v) is 41.5. The van der Waals surface area contributed by atoms with Crippen LogP contribution in [0.15, 0.2) is 97.2 Å². The maximum atomic E-state index is 12.8. The van der Waals surface area contributed by atoms with Crippen LogP contribution in [0, 0.1) is 0 Å². The minimum atomic E-state index is -0.805. The van der Waals surface area contributed by atoms with Crippen molar-refractivity contribution in [1.29, 1.82) is 0 Å². The monoisotopic (exact) mass is 889 g/mol. The van der Waals surface area contributed by atoms with Gasteiger partial charge in [-0.3, -0.25) is 14.4 Å². The lowest BCUT2D eigenvalue weighted by molar-refractivity contribution is -0.167. The van der Waals surface area contributed by atoms with Crippen LogP contribution in [0.1, 0.15) is 233 Å². The molecule has 0 aromatic heterocycles. The molecule has 364 valence electrons. The molecule has 6 nitrogen and oxygen atoms in total. The molecule has 6 heteroatoms. The predicted molar refractivity (Wildman–Crippen MR) is 274 cm³/mol. The van der Waals surface area contributed by atoms with Crippen LogP contribution in [0.4, 0.5) is 0 Å². The van der Waals surface area contributed by atoms with Crippen molar-refractivity contribution in [2.24, 2.45) is 0 Å². The average Bonchev–Trinajstić information content (AvgIpc) is 3.29. The Morgan fingerprint density at radius 1 is 0.328 bits per heavy atom. The molecule has 0 amide bonds. The van der Waals surface area contributed by atoms with Crippen LogP contribution in [0.2, 0.25) is 0 Å². The zero-order chi connectivity index (χ0) is 46.5. The number of allylic oxidation sites excluding steroid dienone is 16. The van der Waals surface area contributed by atoms with E-state index in [2.05, 4.69) is 81.5 Å². The van der Waals surface area contributed by atoms with Gasteiger partial charge in [0.25, 0.3) is 0 Å². The molecule has 0 aromatic carbocycles. The summed E-state index contributed by atoms with van der Waals surface area (Å²) in [5.74, 6) is -0.968. The molecular formula is C58H96O6. The number of esters is 3. The van der Waals surface area contributed by atoms with Crippen LogP contribution in [-0.4, -0.2) is 37.2 Å². The van der Waals surface area contributed by atoms with E-state index in [1.54, 1.807) is 0 Å². The van der Waals surface area contributed by atoms with E-state index >= 15 is 0 Å². The van der Waals surface area contributed by atoms with Crippen molar-refractivity contribution in [3.05, 3.63) is 97.2 Å². The van der Waals surface area contributed by atoms with Gasteiger partial charge in [-0.2, -0.15) is 0 Å². The standard InChI is InChI=1S/C58H96O6/c1-4-7-10-13-16-19-22-25-27-28-29-31-33-36-39-42-45-48-51-57(60)63-54-55(53-62-56(59)50-47-44-41-38-35-32-24-21-18-15-12-9-6-3)64-58(61)52-49-46-43-40-37-34-30-26-23-20-17-14-11-8-5-2/h9,12,15,18,20-25,27-29,31-32,35,55H,4-8,10-11,13-14,16-17,19,26,30,33-34,36-54H2,1-3H3/b12-9+,18-15+,23-20+,24-21+,25-22+,28-27+,31-29+,35-32+. The third-order valence-electron chi connectivity index (χ3n) is 10.9. The summed E-state index contributed by atoms with van der Waals surface area (Å²) >= 11 is 0. The molecule has 0 heterocycles. The SMILES string of the molecule is CC/C=C/C=C/C=C/C=C/CCCCCC(=O)OCC(COC(=O)CCCCCCC/C=C/C=C/C=C/CCCCCCC)OC(=O)CCCCCCCCC/C=C/CCCCCC.